The van der Waals surface area contributed by atoms with Crippen molar-refractivity contribution in [3.8, 4) is 0 Å². The Kier molecular flexibility index (Phi) is 5.31. The van der Waals surface area contributed by atoms with Crippen LogP contribution in [0.15, 0.2) is 60.9 Å². The molecule has 5 heteroatoms. The van der Waals surface area contributed by atoms with Gasteiger partial charge in [0.25, 0.3) is 0 Å². The van der Waals surface area contributed by atoms with Gasteiger partial charge in [-0.05, 0) is 91.7 Å². The van der Waals surface area contributed by atoms with E-state index in [9.17, 15) is 13.2 Å². The minimum Gasteiger partial charge on any atom is -0.359 e. The van der Waals surface area contributed by atoms with Gasteiger partial charge in [-0.3, -0.25) is 0 Å². The number of hydrogen-bond acceptors (Lipinski definition) is 1. The number of aryl methyl sites for hydroxylation is 2. The number of aromatic nitrogens is 1. The van der Waals surface area contributed by atoms with Crippen LogP contribution in [0.5, 0.6) is 0 Å². The minimum atomic E-state index is -4.28. The number of aromatic amines is 1. The lowest BCUT2D eigenvalue weighted by Crippen LogP contribution is -2.44. The average molecular weight is 439 g/mol. The highest BCUT2D eigenvalue weighted by Gasteiger charge is 2.48. The lowest BCUT2D eigenvalue weighted by Gasteiger charge is -2.54. The maximum absolute atomic E-state index is 12.7. The van der Waals surface area contributed by atoms with Gasteiger partial charge in [0.05, 0.1) is 11.3 Å². The lowest BCUT2D eigenvalue weighted by atomic mass is 9.51. The van der Waals surface area contributed by atoms with Crippen molar-refractivity contribution in [1.82, 2.24) is 4.98 Å². The van der Waals surface area contributed by atoms with E-state index in [1.54, 1.807) is 12.1 Å². The summed E-state index contributed by atoms with van der Waals surface area (Å²) in [6, 6.07) is 11.9. The highest BCUT2D eigenvalue weighted by molar-refractivity contribution is 5.93. The molecule has 0 amide bonds. The van der Waals surface area contributed by atoms with E-state index in [1.807, 2.05) is 6.20 Å². The fourth-order valence-corrected chi connectivity index (χ4v) is 5.38. The van der Waals surface area contributed by atoms with E-state index >= 15 is 0 Å². The second-order valence-electron chi connectivity index (χ2n) is 9.74. The van der Waals surface area contributed by atoms with Crippen molar-refractivity contribution < 1.29 is 13.2 Å². The van der Waals surface area contributed by atoms with Gasteiger partial charge in [0.1, 0.15) is 0 Å². The number of rotatable bonds is 7. The molecule has 0 atom stereocenters. The van der Waals surface area contributed by atoms with Gasteiger partial charge in [-0.25, -0.2) is 0 Å². The minimum absolute atomic E-state index is 0.576. The lowest BCUT2D eigenvalue weighted by molar-refractivity contribution is -0.137. The third-order valence-corrected chi connectivity index (χ3v) is 7.52. The van der Waals surface area contributed by atoms with Gasteiger partial charge in [0.15, 0.2) is 0 Å². The number of H-pyrrole nitrogens is 1. The Hall–Kier alpha value is -2.69. The molecule has 168 valence electrons. The van der Waals surface area contributed by atoms with Crippen LogP contribution in [0.1, 0.15) is 55.2 Å². The summed E-state index contributed by atoms with van der Waals surface area (Å²) >= 11 is 0. The van der Waals surface area contributed by atoms with Gasteiger partial charge in [-0.15, -0.1) is 0 Å². The summed E-state index contributed by atoms with van der Waals surface area (Å²) < 4.78 is 38.1. The van der Waals surface area contributed by atoms with Crippen LogP contribution in [-0.4, -0.2) is 4.98 Å². The normalized spacial score (nSPS) is 17.8. The number of fused-ring (bicyclic) bond motifs is 1. The second kappa shape index (κ2) is 8.02. The Morgan fingerprint density at radius 1 is 1.03 bits per heavy atom. The predicted octanol–water partition coefficient (Wildman–Crippen LogP) is 7.87. The first-order chi connectivity index (χ1) is 15.3. The smallest absolute Gasteiger partial charge is 0.359 e. The summed E-state index contributed by atoms with van der Waals surface area (Å²) in [6.45, 7) is 4.31. The van der Waals surface area contributed by atoms with Crippen LogP contribution in [0.3, 0.4) is 0 Å². The van der Waals surface area contributed by atoms with Crippen LogP contribution >= 0.6 is 0 Å². The van der Waals surface area contributed by atoms with Gasteiger partial charge in [0.2, 0.25) is 0 Å². The zero-order valence-corrected chi connectivity index (χ0v) is 18.2. The van der Waals surface area contributed by atoms with Crippen molar-refractivity contribution in [1.29, 1.82) is 0 Å². The molecule has 2 N–H and O–H groups in total. The zero-order chi connectivity index (χ0) is 22.3. The van der Waals surface area contributed by atoms with Gasteiger partial charge < -0.3 is 10.3 Å². The number of anilines is 1. The van der Waals surface area contributed by atoms with E-state index in [2.05, 4.69) is 35.1 Å². The Balaban J connectivity index is 1.18. The van der Waals surface area contributed by atoms with E-state index in [0.717, 1.165) is 47.1 Å². The zero-order valence-electron chi connectivity index (χ0n) is 18.2. The molecule has 0 bridgehead atoms. The molecule has 2 saturated carbocycles. The fourth-order valence-electron chi connectivity index (χ4n) is 5.38. The van der Waals surface area contributed by atoms with Crippen molar-refractivity contribution in [3.63, 3.8) is 0 Å². The van der Waals surface area contributed by atoms with Crippen LogP contribution in [0.4, 0.5) is 18.9 Å². The van der Waals surface area contributed by atoms with Gasteiger partial charge in [0, 0.05) is 22.8 Å². The largest absolute Gasteiger partial charge is 0.416 e. The molecule has 2 fully saturated rings. The molecule has 3 aromatic rings. The van der Waals surface area contributed by atoms with Crippen LogP contribution in [0.2, 0.25) is 0 Å². The molecule has 2 nitrogen and oxygen atoms in total. The first kappa shape index (κ1) is 21.2. The summed E-state index contributed by atoms with van der Waals surface area (Å²) in [5.41, 5.74) is 5.50. The van der Waals surface area contributed by atoms with E-state index < -0.39 is 11.7 Å². The van der Waals surface area contributed by atoms with Gasteiger partial charge in [-0.2, -0.15) is 13.2 Å². The van der Waals surface area contributed by atoms with E-state index in [1.165, 1.54) is 49.8 Å². The topological polar surface area (TPSA) is 27.8 Å². The number of benzene rings is 2. The molecule has 32 heavy (non-hydrogen) atoms. The molecule has 0 radical (unpaired) electrons. The summed E-state index contributed by atoms with van der Waals surface area (Å²) in [7, 11) is 0. The molecule has 1 spiro atoms. The van der Waals surface area contributed by atoms with Crippen molar-refractivity contribution >= 4 is 16.6 Å². The third kappa shape index (κ3) is 4.17. The van der Waals surface area contributed by atoms with Gasteiger partial charge in [-0.1, -0.05) is 31.2 Å². The summed E-state index contributed by atoms with van der Waals surface area (Å²) in [4.78, 5) is 3.34. The summed E-state index contributed by atoms with van der Waals surface area (Å²) in [5.74, 6) is 0.576. The summed E-state index contributed by atoms with van der Waals surface area (Å²) in [6.07, 6.45) is 6.98. The molecule has 2 aliphatic carbocycles. The van der Waals surface area contributed by atoms with Crippen LogP contribution < -0.4 is 5.32 Å². The molecular weight excluding hydrogens is 409 g/mol. The third-order valence-electron chi connectivity index (χ3n) is 7.52. The molecule has 2 aliphatic rings. The number of nitrogens with one attached hydrogen (secondary N) is 2. The number of allylic oxidation sites excluding steroid dienone is 1. The number of hydrogen-bond donors (Lipinski definition) is 2. The molecule has 1 heterocycles. The van der Waals surface area contributed by atoms with Crippen LogP contribution in [-0.2, 0) is 19.0 Å². The monoisotopic (exact) mass is 438 g/mol. The SMILES string of the molecule is C=C(Nc1c[nH]c2ccc(CCCc3ccc(C(F)(F)F)cc3)cc12)C1CC2(CCC2)C1. The van der Waals surface area contributed by atoms with Gasteiger partial charge >= 0.3 is 6.18 Å². The molecule has 2 aromatic carbocycles. The van der Waals surface area contributed by atoms with E-state index in [4.69, 9.17) is 0 Å². The standard InChI is InChI=1S/C27H29F3N2/c1-18(21-15-26(16-21)12-3-13-26)32-25-17-31-24-11-8-20(14-23(24)25)5-2-4-19-6-9-22(10-7-19)27(28,29)30/h6-11,14,17,21,31-32H,1-5,12-13,15-16H2. The Labute approximate surface area is 186 Å². The fraction of sp³-hybridized carbons (Fsp3) is 0.407. The maximum atomic E-state index is 12.7. The van der Waals surface area contributed by atoms with E-state index in [0.29, 0.717) is 11.3 Å². The van der Waals surface area contributed by atoms with Crippen molar-refractivity contribution in [2.24, 2.45) is 11.3 Å². The molecule has 1 aromatic heterocycles. The second-order valence-corrected chi connectivity index (χ2v) is 9.74. The predicted molar refractivity (Wildman–Crippen MR) is 124 cm³/mol. The summed E-state index contributed by atoms with van der Waals surface area (Å²) in [5, 5.41) is 4.72. The molecular formula is C27H29F3N2. The maximum Gasteiger partial charge on any atom is 0.416 e. The Bertz CT molecular complexity index is 1110. The Morgan fingerprint density at radius 2 is 1.72 bits per heavy atom. The quantitative estimate of drug-likeness (QED) is 0.386. The molecule has 0 unspecified atom stereocenters. The average Bonchev–Trinajstić information content (AvgIpc) is 3.08. The van der Waals surface area contributed by atoms with Crippen LogP contribution in [0, 0.1) is 11.3 Å². The highest BCUT2D eigenvalue weighted by Crippen LogP contribution is 2.60. The first-order valence-electron chi connectivity index (χ1n) is 11.5. The van der Waals surface area contributed by atoms with Crippen molar-refractivity contribution in [2.45, 2.75) is 57.5 Å². The highest BCUT2D eigenvalue weighted by atomic mass is 19.4. The number of halogens is 3. The molecule has 0 aliphatic heterocycles. The number of alkyl halides is 3. The first-order valence-corrected chi connectivity index (χ1v) is 11.5. The van der Waals surface area contributed by atoms with Crippen LogP contribution in [0.25, 0.3) is 10.9 Å². The Morgan fingerprint density at radius 3 is 2.38 bits per heavy atom. The molecule has 5 rings (SSSR count). The van der Waals surface area contributed by atoms with Crippen molar-refractivity contribution in [2.75, 3.05) is 5.32 Å². The van der Waals surface area contributed by atoms with E-state index in [-0.39, 0.29) is 0 Å². The van der Waals surface area contributed by atoms with Crippen molar-refractivity contribution in [3.05, 3.63) is 77.6 Å². The molecule has 0 saturated heterocycles.